The van der Waals surface area contributed by atoms with Gasteiger partial charge in [-0.05, 0) is 56.0 Å². The molecule has 128 valence electrons. The molecule has 1 N–H and O–H groups in total. The topological polar surface area (TPSA) is 49.0 Å². The Labute approximate surface area is 146 Å². The minimum Gasteiger partial charge on any atom is -0.309 e. The largest absolute Gasteiger partial charge is 0.309 e. The molecule has 2 aromatic heterocycles. The second-order valence-corrected chi connectivity index (χ2v) is 8.96. The molecule has 24 heavy (non-hydrogen) atoms. The Kier molecular flexibility index (Phi) is 3.74. The van der Waals surface area contributed by atoms with Gasteiger partial charge in [0.15, 0.2) is 0 Å². The maximum absolute atomic E-state index is 12.6. The first-order chi connectivity index (χ1) is 11.8. The predicted molar refractivity (Wildman–Crippen MR) is 97.6 cm³/mol. The normalized spacial score (nSPS) is 27.3. The molecule has 0 amide bonds. The Morgan fingerprint density at radius 2 is 2.00 bits per heavy atom. The maximum atomic E-state index is 12.6. The van der Waals surface area contributed by atoms with Crippen LogP contribution in [0.15, 0.2) is 4.79 Å². The van der Waals surface area contributed by atoms with Crippen LogP contribution in [0.4, 0.5) is 0 Å². The summed E-state index contributed by atoms with van der Waals surface area (Å²) >= 11 is 1.75. The van der Waals surface area contributed by atoms with Crippen molar-refractivity contribution < 1.29 is 0 Å². The van der Waals surface area contributed by atoms with E-state index in [-0.39, 0.29) is 5.56 Å². The molecule has 3 aliphatic rings. The van der Waals surface area contributed by atoms with Gasteiger partial charge in [0.25, 0.3) is 5.56 Å². The minimum atomic E-state index is 0.0851. The summed E-state index contributed by atoms with van der Waals surface area (Å²) in [5.41, 5.74) is 1.36. The van der Waals surface area contributed by atoms with Crippen molar-refractivity contribution in [3.63, 3.8) is 0 Å². The molecule has 5 rings (SSSR count). The first kappa shape index (κ1) is 15.1. The third-order valence-corrected chi connectivity index (χ3v) is 7.56. The van der Waals surface area contributed by atoms with Crippen molar-refractivity contribution in [2.75, 3.05) is 13.1 Å². The van der Waals surface area contributed by atoms with Gasteiger partial charge in [-0.3, -0.25) is 9.69 Å². The van der Waals surface area contributed by atoms with E-state index in [0.717, 1.165) is 53.8 Å². The molecule has 4 nitrogen and oxygen atoms in total. The van der Waals surface area contributed by atoms with Gasteiger partial charge < -0.3 is 4.98 Å². The zero-order chi connectivity index (χ0) is 16.1. The van der Waals surface area contributed by atoms with Crippen molar-refractivity contribution in [1.82, 2.24) is 14.9 Å². The Hall–Kier alpha value is -1.20. The zero-order valence-electron chi connectivity index (χ0n) is 14.1. The molecule has 1 aliphatic heterocycles. The molecule has 0 spiro atoms. The van der Waals surface area contributed by atoms with E-state index >= 15 is 0 Å². The number of fused-ring (bicyclic) bond motifs is 4. The standard InChI is InChI=1S/C19H25N3OS/c23-18-17-14-6-3-7-15(14)24-19(17)21-16(20-18)11-22-9-8-12-4-1-2-5-13(12)10-22/h12-13H,1-11H2,(H,20,21,23)/t12-,13-/m0/s1. The Morgan fingerprint density at radius 3 is 2.92 bits per heavy atom. The number of H-pyrrole nitrogens is 1. The van der Waals surface area contributed by atoms with Crippen molar-refractivity contribution in [2.24, 2.45) is 11.8 Å². The van der Waals surface area contributed by atoms with E-state index < -0.39 is 0 Å². The van der Waals surface area contributed by atoms with Crippen LogP contribution in [0.2, 0.25) is 0 Å². The average molecular weight is 343 g/mol. The molecule has 0 radical (unpaired) electrons. The SMILES string of the molecule is O=c1[nH]c(CN2CC[C@@H]3CCCC[C@H]3C2)nc2sc3c(c12)CCC3. The fourth-order valence-electron chi connectivity index (χ4n) is 5.15. The first-order valence-electron chi connectivity index (χ1n) is 9.54. The van der Waals surface area contributed by atoms with Crippen LogP contribution in [0.25, 0.3) is 10.2 Å². The maximum Gasteiger partial charge on any atom is 0.259 e. The van der Waals surface area contributed by atoms with E-state index in [1.165, 1.54) is 55.5 Å². The Bertz CT molecular complexity index is 824. The van der Waals surface area contributed by atoms with Crippen LogP contribution in [0.1, 0.15) is 54.8 Å². The van der Waals surface area contributed by atoms with E-state index in [4.69, 9.17) is 4.98 Å². The van der Waals surface area contributed by atoms with E-state index in [1.54, 1.807) is 11.3 Å². The van der Waals surface area contributed by atoms with Gasteiger partial charge in [0.1, 0.15) is 10.7 Å². The molecule has 2 atom stereocenters. The average Bonchev–Trinajstić information content (AvgIpc) is 3.15. The van der Waals surface area contributed by atoms with Gasteiger partial charge in [-0.15, -0.1) is 11.3 Å². The molecule has 5 heteroatoms. The fourth-order valence-corrected chi connectivity index (χ4v) is 6.43. The summed E-state index contributed by atoms with van der Waals surface area (Å²) in [4.78, 5) is 25.4. The van der Waals surface area contributed by atoms with Crippen LogP contribution in [-0.2, 0) is 19.4 Å². The lowest BCUT2D eigenvalue weighted by atomic mass is 9.75. The van der Waals surface area contributed by atoms with Gasteiger partial charge in [-0.2, -0.15) is 0 Å². The summed E-state index contributed by atoms with van der Waals surface area (Å²) in [5, 5.41) is 0.877. The second kappa shape index (κ2) is 5.95. The molecule has 2 aromatic rings. The molecule has 1 saturated heterocycles. The van der Waals surface area contributed by atoms with Gasteiger partial charge in [-0.1, -0.05) is 19.3 Å². The number of likely N-dealkylation sites (tertiary alicyclic amines) is 1. The van der Waals surface area contributed by atoms with Crippen LogP contribution < -0.4 is 5.56 Å². The number of thiophene rings is 1. The summed E-state index contributed by atoms with van der Waals surface area (Å²) in [5.74, 6) is 2.68. The van der Waals surface area contributed by atoms with Crippen LogP contribution in [0.5, 0.6) is 0 Å². The quantitative estimate of drug-likeness (QED) is 0.908. The van der Waals surface area contributed by atoms with Crippen LogP contribution >= 0.6 is 11.3 Å². The summed E-state index contributed by atoms with van der Waals surface area (Å²) in [6.07, 6.45) is 10.3. The fraction of sp³-hybridized carbons (Fsp3) is 0.684. The number of aromatic nitrogens is 2. The molecule has 3 heterocycles. The summed E-state index contributed by atoms with van der Waals surface area (Å²) < 4.78 is 0. The number of hydrogen-bond donors (Lipinski definition) is 1. The second-order valence-electron chi connectivity index (χ2n) is 7.88. The van der Waals surface area contributed by atoms with Gasteiger partial charge in [-0.25, -0.2) is 4.98 Å². The number of hydrogen-bond acceptors (Lipinski definition) is 4. The third kappa shape index (κ3) is 2.53. The highest BCUT2D eigenvalue weighted by molar-refractivity contribution is 7.18. The van der Waals surface area contributed by atoms with Crippen molar-refractivity contribution in [3.05, 3.63) is 26.6 Å². The smallest absolute Gasteiger partial charge is 0.259 e. The first-order valence-corrected chi connectivity index (χ1v) is 10.4. The highest BCUT2D eigenvalue weighted by atomic mass is 32.1. The summed E-state index contributed by atoms with van der Waals surface area (Å²) in [6.45, 7) is 3.15. The highest BCUT2D eigenvalue weighted by Crippen LogP contribution is 2.37. The van der Waals surface area contributed by atoms with E-state index in [2.05, 4.69) is 9.88 Å². The third-order valence-electron chi connectivity index (χ3n) is 6.37. The van der Waals surface area contributed by atoms with E-state index in [9.17, 15) is 4.79 Å². The van der Waals surface area contributed by atoms with Gasteiger partial charge in [0.05, 0.1) is 11.9 Å². The number of aryl methyl sites for hydroxylation is 2. The van der Waals surface area contributed by atoms with Crippen LogP contribution in [-0.4, -0.2) is 28.0 Å². The summed E-state index contributed by atoms with van der Waals surface area (Å²) in [7, 11) is 0. The van der Waals surface area contributed by atoms with Crippen LogP contribution in [0, 0.1) is 11.8 Å². The zero-order valence-corrected chi connectivity index (χ0v) is 15.0. The monoisotopic (exact) mass is 343 g/mol. The number of nitrogens with zero attached hydrogens (tertiary/aromatic N) is 2. The van der Waals surface area contributed by atoms with Crippen LogP contribution in [0.3, 0.4) is 0 Å². The molecular weight excluding hydrogens is 318 g/mol. The molecular formula is C19H25N3OS. The lowest BCUT2D eigenvalue weighted by Crippen LogP contribution is -2.41. The Morgan fingerprint density at radius 1 is 1.12 bits per heavy atom. The molecule has 0 unspecified atom stereocenters. The molecule has 2 fully saturated rings. The minimum absolute atomic E-state index is 0.0851. The van der Waals surface area contributed by atoms with Gasteiger partial charge in [0, 0.05) is 11.4 Å². The number of nitrogens with one attached hydrogen (secondary N) is 1. The lowest BCUT2D eigenvalue weighted by molar-refractivity contribution is 0.0803. The number of aromatic amines is 1. The summed E-state index contributed by atoms with van der Waals surface area (Å²) in [6, 6.07) is 0. The van der Waals surface area contributed by atoms with E-state index in [0.29, 0.717) is 0 Å². The molecule has 2 aliphatic carbocycles. The number of piperidine rings is 1. The predicted octanol–water partition coefficient (Wildman–Crippen LogP) is 3.49. The van der Waals surface area contributed by atoms with Crippen molar-refractivity contribution in [1.29, 1.82) is 0 Å². The van der Waals surface area contributed by atoms with Gasteiger partial charge >= 0.3 is 0 Å². The molecule has 0 bridgehead atoms. The Balaban J connectivity index is 1.38. The molecule has 0 aromatic carbocycles. The highest BCUT2D eigenvalue weighted by Gasteiger charge is 2.31. The van der Waals surface area contributed by atoms with Crippen molar-refractivity contribution in [2.45, 2.75) is 57.9 Å². The van der Waals surface area contributed by atoms with Crippen molar-refractivity contribution in [3.8, 4) is 0 Å². The lowest BCUT2D eigenvalue weighted by Gasteiger charge is -2.41. The van der Waals surface area contributed by atoms with Crippen molar-refractivity contribution >= 4 is 21.6 Å². The van der Waals surface area contributed by atoms with Gasteiger partial charge in [0.2, 0.25) is 0 Å². The molecule has 1 saturated carbocycles. The number of rotatable bonds is 2. The van der Waals surface area contributed by atoms with E-state index in [1.807, 2.05) is 0 Å².